The van der Waals surface area contributed by atoms with Crippen molar-refractivity contribution in [2.75, 3.05) is 13.7 Å². The van der Waals surface area contributed by atoms with Crippen molar-refractivity contribution in [2.24, 2.45) is 5.41 Å². The second-order valence-electron chi connectivity index (χ2n) is 13.2. The molecule has 3 atom stereocenters. The van der Waals surface area contributed by atoms with Crippen LogP contribution in [0.1, 0.15) is 76.0 Å². The van der Waals surface area contributed by atoms with Gasteiger partial charge in [0.15, 0.2) is 14.4 Å². The third-order valence-electron chi connectivity index (χ3n) is 9.34. The molecule has 2 aliphatic carbocycles. The predicted octanol–water partition coefficient (Wildman–Crippen LogP) is 9.39. The first-order chi connectivity index (χ1) is 22.1. The van der Waals surface area contributed by atoms with Gasteiger partial charge in [-0.1, -0.05) is 75.4 Å². The molecule has 2 aliphatic rings. The van der Waals surface area contributed by atoms with Gasteiger partial charge in [0.25, 0.3) is 0 Å². The summed E-state index contributed by atoms with van der Waals surface area (Å²) in [5.41, 5.74) is 3.86. The van der Waals surface area contributed by atoms with E-state index in [0.29, 0.717) is 6.61 Å². The lowest BCUT2D eigenvalue weighted by molar-refractivity contribution is -0.157. The van der Waals surface area contributed by atoms with Crippen molar-refractivity contribution in [3.8, 4) is 11.5 Å². The average molecular weight is 641 g/mol. The zero-order chi connectivity index (χ0) is 33.0. The van der Waals surface area contributed by atoms with Crippen LogP contribution in [0.15, 0.2) is 91.0 Å². The molecule has 0 N–H and O–H groups in total. The van der Waals surface area contributed by atoms with Gasteiger partial charge >= 0.3 is 5.97 Å². The summed E-state index contributed by atoms with van der Waals surface area (Å²) in [6.07, 6.45) is 5.65. The summed E-state index contributed by atoms with van der Waals surface area (Å²) >= 11 is 0. The fourth-order valence-electron chi connectivity index (χ4n) is 6.28. The van der Waals surface area contributed by atoms with E-state index < -0.39 is 25.4 Å². The van der Waals surface area contributed by atoms with E-state index in [1.807, 2.05) is 75.4 Å². The Bertz CT molecular complexity index is 1540. The van der Waals surface area contributed by atoms with Crippen LogP contribution >= 0.6 is 0 Å². The number of methoxy groups -OCH3 is 1. The molecule has 46 heavy (non-hydrogen) atoms. The fraction of sp³-hybridized carbons (Fsp3) is 0.410. The quantitative estimate of drug-likeness (QED) is 0.129. The third kappa shape index (κ3) is 6.87. The van der Waals surface area contributed by atoms with Crippen LogP contribution in [0.2, 0.25) is 18.1 Å². The SMILES string of the molecule is CC[Si](CC)(CC)O[C@]12C=CC=C1c1cc([C@H](COC(=O)C(C)(C)C)OCc3ccc(OC)cc3)ccc1[C@H]2Oc1ccccc1. The van der Waals surface area contributed by atoms with E-state index in [2.05, 4.69) is 57.2 Å². The van der Waals surface area contributed by atoms with E-state index in [1.54, 1.807) is 7.11 Å². The van der Waals surface area contributed by atoms with Crippen molar-refractivity contribution < 1.29 is 28.2 Å². The second kappa shape index (κ2) is 14.0. The summed E-state index contributed by atoms with van der Waals surface area (Å²) in [5, 5.41) is 0. The Morgan fingerprint density at radius 2 is 1.61 bits per heavy atom. The highest BCUT2D eigenvalue weighted by Crippen LogP contribution is 2.57. The van der Waals surface area contributed by atoms with E-state index >= 15 is 0 Å². The molecule has 0 fully saturated rings. The van der Waals surface area contributed by atoms with Crippen LogP contribution in [0.25, 0.3) is 5.57 Å². The molecule has 0 radical (unpaired) electrons. The number of hydrogen-bond acceptors (Lipinski definition) is 6. The van der Waals surface area contributed by atoms with E-state index in [1.165, 1.54) is 0 Å². The summed E-state index contributed by atoms with van der Waals surface area (Å²) in [5.74, 6) is 1.33. The minimum absolute atomic E-state index is 0.103. The Labute approximate surface area is 275 Å². The van der Waals surface area contributed by atoms with Gasteiger partial charge in [-0.05, 0) is 97.6 Å². The first kappa shape index (κ1) is 33.7. The van der Waals surface area contributed by atoms with Crippen molar-refractivity contribution >= 4 is 19.9 Å². The Morgan fingerprint density at radius 1 is 0.913 bits per heavy atom. The molecule has 0 amide bonds. The van der Waals surface area contributed by atoms with Crippen LogP contribution in [-0.2, 0) is 25.3 Å². The zero-order valence-electron chi connectivity index (χ0n) is 28.3. The number of ether oxygens (including phenoxy) is 4. The van der Waals surface area contributed by atoms with E-state index in [9.17, 15) is 4.79 Å². The minimum Gasteiger partial charge on any atom is -0.497 e. The molecule has 244 valence electrons. The Hall–Kier alpha value is -3.65. The van der Waals surface area contributed by atoms with Crippen LogP contribution < -0.4 is 9.47 Å². The van der Waals surface area contributed by atoms with Crippen molar-refractivity contribution in [3.05, 3.63) is 113 Å². The number of para-hydroxylation sites is 1. The maximum Gasteiger partial charge on any atom is 0.311 e. The summed E-state index contributed by atoms with van der Waals surface area (Å²) in [4.78, 5) is 12.8. The molecule has 0 heterocycles. The van der Waals surface area contributed by atoms with Gasteiger partial charge in [0.1, 0.15) is 29.8 Å². The first-order valence-electron chi connectivity index (χ1n) is 16.5. The monoisotopic (exact) mass is 640 g/mol. The van der Waals surface area contributed by atoms with Gasteiger partial charge in [0, 0.05) is 5.56 Å². The number of carbonyl (C=O) groups excluding carboxylic acids is 1. The Balaban J connectivity index is 1.53. The Morgan fingerprint density at radius 3 is 2.24 bits per heavy atom. The molecule has 0 spiro atoms. The van der Waals surface area contributed by atoms with Gasteiger partial charge < -0.3 is 23.4 Å². The molecule has 0 bridgehead atoms. The van der Waals surface area contributed by atoms with Gasteiger partial charge in [-0.3, -0.25) is 4.79 Å². The topological polar surface area (TPSA) is 63.2 Å². The third-order valence-corrected chi connectivity index (χ3v) is 14.0. The second-order valence-corrected chi connectivity index (χ2v) is 17.9. The number of hydrogen-bond donors (Lipinski definition) is 0. The average Bonchev–Trinajstić information content (AvgIpc) is 3.59. The highest BCUT2D eigenvalue weighted by molar-refractivity contribution is 6.73. The highest BCUT2D eigenvalue weighted by atomic mass is 28.4. The molecule has 0 saturated carbocycles. The minimum atomic E-state index is -2.07. The molecule has 0 aromatic heterocycles. The Kier molecular flexibility index (Phi) is 10.3. The number of rotatable bonds is 14. The smallest absolute Gasteiger partial charge is 0.311 e. The zero-order valence-corrected chi connectivity index (χ0v) is 29.3. The van der Waals surface area contributed by atoms with Crippen LogP contribution in [0, 0.1) is 5.41 Å². The molecule has 3 aromatic rings. The molecule has 3 aromatic carbocycles. The number of benzene rings is 3. The summed E-state index contributed by atoms with van der Waals surface area (Å²) < 4.78 is 31.9. The normalized spacial score (nSPS) is 19.3. The largest absolute Gasteiger partial charge is 0.497 e. The molecule has 0 unspecified atom stereocenters. The molecule has 0 saturated heterocycles. The summed E-state index contributed by atoms with van der Waals surface area (Å²) in [6.45, 7) is 12.8. The fourth-order valence-corrected chi connectivity index (χ4v) is 9.22. The van der Waals surface area contributed by atoms with Crippen LogP contribution in [0.4, 0.5) is 0 Å². The predicted molar refractivity (Wildman–Crippen MR) is 185 cm³/mol. The summed E-state index contributed by atoms with van der Waals surface area (Å²) in [6, 6.07) is 27.3. The van der Waals surface area contributed by atoms with E-state index in [-0.39, 0.29) is 18.7 Å². The highest BCUT2D eigenvalue weighted by Gasteiger charge is 2.55. The molecule has 7 heteroatoms. The first-order valence-corrected chi connectivity index (χ1v) is 19.0. The lowest BCUT2D eigenvalue weighted by Gasteiger charge is -2.41. The lowest BCUT2D eigenvalue weighted by Crippen LogP contribution is -2.48. The van der Waals surface area contributed by atoms with Crippen molar-refractivity contribution in [2.45, 2.75) is 84.1 Å². The lowest BCUT2D eigenvalue weighted by atomic mass is 9.96. The number of allylic oxidation sites excluding steroid dienone is 2. The van der Waals surface area contributed by atoms with E-state index in [0.717, 1.165) is 57.5 Å². The molecule has 6 nitrogen and oxygen atoms in total. The van der Waals surface area contributed by atoms with Crippen LogP contribution in [0.5, 0.6) is 11.5 Å². The number of carbonyl (C=O) groups is 1. The molecular formula is C39H48O6Si. The van der Waals surface area contributed by atoms with Crippen LogP contribution in [0.3, 0.4) is 0 Å². The molecule has 5 rings (SSSR count). The van der Waals surface area contributed by atoms with Gasteiger partial charge in [-0.25, -0.2) is 0 Å². The van der Waals surface area contributed by atoms with Gasteiger partial charge in [0.2, 0.25) is 0 Å². The van der Waals surface area contributed by atoms with E-state index in [4.69, 9.17) is 23.4 Å². The maximum absolute atomic E-state index is 12.8. The van der Waals surface area contributed by atoms with Crippen LogP contribution in [-0.4, -0.2) is 33.6 Å². The molecular weight excluding hydrogens is 593 g/mol. The molecule has 0 aliphatic heterocycles. The number of fused-ring (bicyclic) bond motifs is 3. The van der Waals surface area contributed by atoms with Crippen molar-refractivity contribution in [3.63, 3.8) is 0 Å². The van der Waals surface area contributed by atoms with Crippen molar-refractivity contribution in [1.29, 1.82) is 0 Å². The van der Waals surface area contributed by atoms with Gasteiger partial charge in [-0.15, -0.1) is 0 Å². The number of esters is 1. The van der Waals surface area contributed by atoms with Gasteiger partial charge in [0.05, 0.1) is 19.1 Å². The maximum atomic E-state index is 12.8. The van der Waals surface area contributed by atoms with Crippen molar-refractivity contribution in [1.82, 2.24) is 0 Å². The van der Waals surface area contributed by atoms with Gasteiger partial charge in [-0.2, -0.15) is 0 Å². The standard InChI is InChI=1S/C39H48O6Si/c1-8-46(9-2,10-3)45-39-24-14-17-34(39)33-25-29(20-23-32(33)36(39)44-31-15-12-11-13-16-31)35(27-43-37(40)38(4,5)6)42-26-28-18-21-30(41-7)22-19-28/h11-25,35-36H,8-10,26-27H2,1-7H3/t35-,36+,39+/m0/s1. The summed E-state index contributed by atoms with van der Waals surface area (Å²) in [7, 11) is -0.424.